The van der Waals surface area contributed by atoms with E-state index in [4.69, 9.17) is 20.5 Å². The molecule has 5 atom stereocenters. The van der Waals surface area contributed by atoms with Crippen LogP contribution in [-0.4, -0.2) is 11.5 Å². The predicted molar refractivity (Wildman–Crippen MR) is 262 cm³/mol. The molecule has 7 aromatic carbocycles. The minimum atomic E-state index is -1.06. The summed E-state index contributed by atoms with van der Waals surface area (Å²) in [5.74, 6) is 4.25. The number of nitrogens with two attached hydrogens (primary N) is 1. The third-order valence-electron chi connectivity index (χ3n) is 18.0. The number of rotatable bonds is 4. The van der Waals surface area contributed by atoms with Crippen molar-refractivity contribution in [3.8, 4) is 33.8 Å². The Morgan fingerprint density at radius 3 is 1.92 bits per heavy atom. The third-order valence-corrected chi connectivity index (χ3v) is 18.0. The van der Waals surface area contributed by atoms with E-state index in [1.165, 1.54) is 88.6 Å². The molecule has 4 heteroatoms. The van der Waals surface area contributed by atoms with Crippen LogP contribution in [0, 0.1) is 17.3 Å². The van der Waals surface area contributed by atoms with Crippen LogP contribution >= 0.6 is 0 Å². The maximum atomic E-state index is 7.83. The van der Waals surface area contributed by atoms with Crippen molar-refractivity contribution >= 4 is 11.5 Å². The Morgan fingerprint density at radius 1 is 0.569 bits per heavy atom. The average Bonchev–Trinajstić information content (AvgIpc) is 3.80. The minimum absolute atomic E-state index is 0.167. The SMILES string of the molecule is CC1(C)c2ccccc2-c2ccc([C@@]3(N)CC(c4ccc5c(c4)C4(c6ccccc6Oc6ccccc64)c4ccccc4-5)=NC(c4ccc(C56CCC[C@H]7CC(C5)C7(C)C6)cc4)=N3)cc21. The summed E-state index contributed by atoms with van der Waals surface area (Å²) in [4.78, 5) is 11.1. The Morgan fingerprint density at radius 2 is 1.17 bits per heavy atom. The fourth-order valence-electron chi connectivity index (χ4n) is 14.7. The molecular weight excluding hydrogens is 791 g/mol. The zero-order valence-corrected chi connectivity index (χ0v) is 37.5. The van der Waals surface area contributed by atoms with Crippen LogP contribution in [0.2, 0.25) is 0 Å². The summed E-state index contributed by atoms with van der Waals surface area (Å²) in [7, 11) is 0. The summed E-state index contributed by atoms with van der Waals surface area (Å²) in [6.45, 7) is 7.27. The molecule has 2 N–H and O–H groups in total. The molecule has 0 aromatic heterocycles. The van der Waals surface area contributed by atoms with Gasteiger partial charge in [0, 0.05) is 28.5 Å². The summed E-state index contributed by atoms with van der Waals surface area (Å²) in [6, 6.07) is 58.2. The summed E-state index contributed by atoms with van der Waals surface area (Å²) in [5.41, 5.74) is 24.9. The molecule has 65 heavy (non-hydrogen) atoms. The van der Waals surface area contributed by atoms with Gasteiger partial charge in [0.05, 0.1) is 11.1 Å². The number of fused-ring (bicyclic) bond motifs is 13. The van der Waals surface area contributed by atoms with Crippen molar-refractivity contribution in [3.05, 3.63) is 213 Å². The lowest BCUT2D eigenvalue weighted by atomic mass is 9.54. The number of para-hydroxylation sites is 2. The first-order chi connectivity index (χ1) is 31.6. The predicted octanol–water partition coefficient (Wildman–Crippen LogP) is 13.8. The zero-order valence-electron chi connectivity index (χ0n) is 37.5. The first-order valence-corrected chi connectivity index (χ1v) is 24.0. The molecular formula is C61H53N3O. The maximum absolute atomic E-state index is 7.83. The summed E-state index contributed by atoms with van der Waals surface area (Å²) >= 11 is 0. The Kier molecular flexibility index (Phi) is 7.54. The molecule has 318 valence electrons. The largest absolute Gasteiger partial charge is 0.457 e. The van der Waals surface area contributed by atoms with E-state index in [-0.39, 0.29) is 10.8 Å². The van der Waals surface area contributed by atoms with Crippen molar-refractivity contribution in [3.63, 3.8) is 0 Å². The quantitative estimate of drug-likeness (QED) is 0.192. The van der Waals surface area contributed by atoms with Crippen molar-refractivity contribution in [2.45, 2.75) is 87.6 Å². The fraction of sp³-hybridized carbons (Fsp3) is 0.279. The lowest BCUT2D eigenvalue weighted by Crippen LogP contribution is -2.42. The second-order valence-corrected chi connectivity index (χ2v) is 21.4. The fourth-order valence-corrected chi connectivity index (χ4v) is 14.7. The number of hydrogen-bond acceptors (Lipinski definition) is 4. The molecule has 7 aliphatic rings. The van der Waals surface area contributed by atoms with Crippen LogP contribution in [0.25, 0.3) is 22.3 Å². The van der Waals surface area contributed by atoms with E-state index >= 15 is 0 Å². The highest BCUT2D eigenvalue weighted by molar-refractivity contribution is 6.15. The summed E-state index contributed by atoms with van der Waals surface area (Å²) in [6.07, 6.45) is 8.58. The highest BCUT2D eigenvalue weighted by Gasteiger charge is 2.63. The van der Waals surface area contributed by atoms with Crippen LogP contribution in [0.15, 0.2) is 168 Å². The van der Waals surface area contributed by atoms with E-state index in [2.05, 4.69) is 178 Å². The molecule has 0 amide bonds. The lowest BCUT2D eigenvalue weighted by molar-refractivity contribution is -0.0134. The van der Waals surface area contributed by atoms with Gasteiger partial charge in [-0.25, -0.2) is 9.98 Å². The molecule has 2 bridgehead atoms. The molecule has 3 saturated carbocycles. The van der Waals surface area contributed by atoms with E-state index in [9.17, 15) is 0 Å². The Bertz CT molecular complexity index is 3220. The van der Waals surface area contributed by atoms with Gasteiger partial charge in [-0.1, -0.05) is 167 Å². The summed E-state index contributed by atoms with van der Waals surface area (Å²) < 4.78 is 6.67. The van der Waals surface area contributed by atoms with Crippen molar-refractivity contribution in [2.24, 2.45) is 33.0 Å². The molecule has 5 aliphatic carbocycles. The van der Waals surface area contributed by atoms with Crippen LogP contribution in [0.5, 0.6) is 11.5 Å². The zero-order chi connectivity index (χ0) is 43.5. The Labute approximate surface area is 382 Å². The molecule has 1 spiro atoms. The van der Waals surface area contributed by atoms with E-state index in [0.29, 0.717) is 17.7 Å². The monoisotopic (exact) mass is 843 g/mol. The topological polar surface area (TPSA) is 60.0 Å². The van der Waals surface area contributed by atoms with Crippen LogP contribution < -0.4 is 10.5 Å². The van der Waals surface area contributed by atoms with Gasteiger partial charge >= 0.3 is 0 Å². The average molecular weight is 844 g/mol. The molecule has 14 rings (SSSR count). The van der Waals surface area contributed by atoms with Gasteiger partial charge in [-0.05, 0) is 134 Å². The van der Waals surface area contributed by atoms with Crippen LogP contribution in [0.3, 0.4) is 0 Å². The van der Waals surface area contributed by atoms with Crippen LogP contribution in [-0.2, 0) is 21.9 Å². The van der Waals surface area contributed by atoms with E-state index in [0.717, 1.165) is 56.9 Å². The van der Waals surface area contributed by atoms with Gasteiger partial charge in [-0.2, -0.15) is 0 Å². The standard InChI is InChI=1S/C61H53N3O/c1-57(2)47-16-6-4-14-43(47)45-29-27-41(33-51(45)57)60(62)35-53(63-56(64-60)37-22-25-39(26-23-37)59-30-12-13-40-32-42(34-59)58(40,3)36-59)38-24-28-46-44-15-5-7-17-48(44)61(52(46)31-38)49-18-8-10-20-54(49)65-55-21-11-9-19-50(55)61/h4-11,14-29,31,33,40,42H,12-13,30,32,34-36,62H2,1-3H3/t40-,42?,58?,59?,60+/m0/s1. The molecule has 2 heterocycles. The molecule has 0 saturated heterocycles. The highest BCUT2D eigenvalue weighted by Crippen LogP contribution is 2.71. The maximum Gasteiger partial charge on any atom is 0.157 e. The summed E-state index contributed by atoms with van der Waals surface area (Å²) in [5, 5.41) is 0. The van der Waals surface area contributed by atoms with Crippen molar-refractivity contribution in [2.75, 3.05) is 0 Å². The normalized spacial score (nSPS) is 27.4. The number of amidine groups is 1. The molecule has 0 radical (unpaired) electrons. The second-order valence-electron chi connectivity index (χ2n) is 21.4. The second kappa shape index (κ2) is 12.9. The van der Waals surface area contributed by atoms with Crippen molar-refractivity contribution < 1.29 is 4.74 Å². The van der Waals surface area contributed by atoms with Gasteiger partial charge in [0.25, 0.3) is 0 Å². The Balaban J connectivity index is 0.933. The van der Waals surface area contributed by atoms with Gasteiger partial charge in [-0.15, -0.1) is 0 Å². The Hall–Kier alpha value is -6.36. The molecule has 7 aromatic rings. The van der Waals surface area contributed by atoms with Crippen molar-refractivity contribution in [1.82, 2.24) is 0 Å². The lowest BCUT2D eigenvalue weighted by Gasteiger charge is -2.50. The van der Waals surface area contributed by atoms with Crippen molar-refractivity contribution in [1.29, 1.82) is 0 Å². The smallest absolute Gasteiger partial charge is 0.157 e. The first-order valence-electron chi connectivity index (χ1n) is 24.0. The number of nitrogens with zero attached hydrogens (tertiary/aromatic N) is 2. The number of ether oxygens (including phenoxy) is 1. The van der Waals surface area contributed by atoms with Gasteiger partial charge in [0.15, 0.2) is 5.84 Å². The third kappa shape index (κ3) is 4.96. The number of aliphatic imine (C=N–C) groups is 2. The van der Waals surface area contributed by atoms with Crippen LogP contribution in [0.4, 0.5) is 0 Å². The number of benzene rings is 7. The molecule has 4 nitrogen and oxygen atoms in total. The van der Waals surface area contributed by atoms with Gasteiger partial charge in [0.1, 0.15) is 17.2 Å². The van der Waals surface area contributed by atoms with E-state index in [1.807, 2.05) is 0 Å². The van der Waals surface area contributed by atoms with E-state index < -0.39 is 11.1 Å². The van der Waals surface area contributed by atoms with Gasteiger partial charge in [-0.3, -0.25) is 0 Å². The van der Waals surface area contributed by atoms with Crippen LogP contribution in [0.1, 0.15) is 121 Å². The van der Waals surface area contributed by atoms with Gasteiger partial charge in [0.2, 0.25) is 0 Å². The van der Waals surface area contributed by atoms with E-state index in [1.54, 1.807) is 0 Å². The first kappa shape index (κ1) is 38.0. The molecule has 2 aliphatic heterocycles. The molecule has 3 unspecified atom stereocenters. The minimum Gasteiger partial charge on any atom is -0.457 e. The number of hydrogen-bond donors (Lipinski definition) is 1. The highest BCUT2D eigenvalue weighted by atomic mass is 16.5. The van der Waals surface area contributed by atoms with Gasteiger partial charge < -0.3 is 10.5 Å². The molecule has 3 fully saturated rings.